The van der Waals surface area contributed by atoms with Gasteiger partial charge in [-0.15, -0.1) is 0 Å². The molecule has 3 N–H and O–H groups in total. The summed E-state index contributed by atoms with van der Waals surface area (Å²) in [6.07, 6.45) is 2.68. The largest absolute Gasteiger partial charge is 0.492 e. The molecule has 0 bridgehead atoms. The quantitative estimate of drug-likeness (QED) is 0.366. The van der Waals surface area contributed by atoms with Crippen LogP contribution in [-0.2, 0) is 4.74 Å². The lowest BCUT2D eigenvalue weighted by Gasteiger charge is -2.19. The number of likely N-dealkylation sites (N-methyl/N-ethyl adjacent to an activating group) is 1. The lowest BCUT2D eigenvalue weighted by Crippen LogP contribution is -2.44. The van der Waals surface area contributed by atoms with E-state index in [4.69, 9.17) is 9.47 Å². The summed E-state index contributed by atoms with van der Waals surface area (Å²) in [6, 6.07) is 14.5. The minimum Gasteiger partial charge on any atom is -0.492 e. The maximum absolute atomic E-state index is 12.3. The number of nitrogens with one attached hydrogen (secondary N) is 3. The first-order chi connectivity index (χ1) is 17.6. The topological polar surface area (TPSA) is 118 Å². The van der Waals surface area contributed by atoms with E-state index in [-0.39, 0.29) is 0 Å². The third-order valence-corrected chi connectivity index (χ3v) is 5.20. The van der Waals surface area contributed by atoms with Gasteiger partial charge in [-0.3, -0.25) is 10.2 Å². The van der Waals surface area contributed by atoms with Crippen molar-refractivity contribution in [2.75, 3.05) is 32.1 Å². The smallest absolute Gasteiger partial charge is 0.426 e. The molecule has 1 aromatic heterocycles. The van der Waals surface area contributed by atoms with E-state index >= 15 is 0 Å². The first-order valence-electron chi connectivity index (χ1n) is 12.0. The van der Waals surface area contributed by atoms with Crippen LogP contribution in [0.15, 0.2) is 60.9 Å². The van der Waals surface area contributed by atoms with Crippen molar-refractivity contribution in [3.8, 4) is 16.9 Å². The van der Waals surface area contributed by atoms with E-state index in [1.165, 1.54) is 0 Å². The Morgan fingerprint density at radius 1 is 0.919 bits per heavy atom. The van der Waals surface area contributed by atoms with Gasteiger partial charge in [0, 0.05) is 35.8 Å². The highest BCUT2D eigenvalue weighted by Gasteiger charge is 2.16. The van der Waals surface area contributed by atoms with Gasteiger partial charge < -0.3 is 19.7 Å². The summed E-state index contributed by atoms with van der Waals surface area (Å²) < 4.78 is 10.9. The highest BCUT2D eigenvalue weighted by Crippen LogP contribution is 2.21. The lowest BCUT2D eigenvalue weighted by molar-refractivity contribution is 0.0483. The molecular weight excluding hydrogens is 472 g/mol. The van der Waals surface area contributed by atoms with Crippen LogP contribution in [0.5, 0.6) is 5.75 Å². The lowest BCUT2D eigenvalue weighted by atomic mass is 10.1. The zero-order valence-electron chi connectivity index (χ0n) is 21.9. The second-order valence-corrected chi connectivity index (χ2v) is 9.35. The van der Waals surface area contributed by atoms with Crippen LogP contribution in [0.4, 0.5) is 16.4 Å². The number of rotatable bonds is 9. The summed E-state index contributed by atoms with van der Waals surface area (Å²) in [5.74, 6) is 0.813. The molecule has 3 rings (SSSR count). The van der Waals surface area contributed by atoms with Gasteiger partial charge >= 0.3 is 6.09 Å². The van der Waals surface area contributed by atoms with Gasteiger partial charge in [-0.05, 0) is 76.3 Å². The molecule has 37 heavy (non-hydrogen) atoms. The molecule has 0 saturated carbocycles. The molecule has 0 atom stereocenters. The summed E-state index contributed by atoms with van der Waals surface area (Å²) in [6.45, 7) is 9.82. The second-order valence-electron chi connectivity index (χ2n) is 9.35. The predicted octanol–water partition coefficient (Wildman–Crippen LogP) is 4.39. The van der Waals surface area contributed by atoms with Crippen molar-refractivity contribution in [2.24, 2.45) is 0 Å². The van der Waals surface area contributed by atoms with Crippen LogP contribution in [0.1, 0.15) is 38.1 Å². The standard InChI is InChI=1S/C27H34N6O4/c1-6-33(5)15-16-36-23-13-11-22(12-14-23)30-25-28-17-21(18-29-25)19-7-9-20(10-8-19)24(34)31-32-26(35)37-27(2,3)4/h7-14,17-18H,6,15-16H2,1-5H3,(H,31,34)(H,32,35)(H,28,29,30). The molecule has 0 aliphatic carbocycles. The van der Waals surface area contributed by atoms with Crippen LogP contribution in [0.2, 0.25) is 0 Å². The highest BCUT2D eigenvalue weighted by atomic mass is 16.6. The molecule has 3 aromatic rings. The van der Waals surface area contributed by atoms with Gasteiger partial charge in [0.05, 0.1) is 0 Å². The van der Waals surface area contributed by atoms with E-state index in [1.54, 1.807) is 57.4 Å². The molecule has 0 radical (unpaired) electrons. The number of ether oxygens (including phenoxy) is 2. The number of hydrogen-bond acceptors (Lipinski definition) is 8. The molecule has 0 aliphatic heterocycles. The number of anilines is 2. The highest BCUT2D eigenvalue weighted by molar-refractivity contribution is 5.95. The van der Waals surface area contributed by atoms with Crippen LogP contribution in [0.3, 0.4) is 0 Å². The number of hydrazine groups is 1. The Morgan fingerprint density at radius 2 is 1.57 bits per heavy atom. The Bertz CT molecular complexity index is 1160. The zero-order chi connectivity index (χ0) is 26.8. The molecule has 10 heteroatoms. The van der Waals surface area contributed by atoms with Crippen molar-refractivity contribution >= 4 is 23.6 Å². The van der Waals surface area contributed by atoms with E-state index in [2.05, 4.69) is 45.0 Å². The average Bonchev–Trinajstić information content (AvgIpc) is 2.88. The number of hydrogen-bond donors (Lipinski definition) is 3. The van der Waals surface area contributed by atoms with E-state index in [9.17, 15) is 9.59 Å². The van der Waals surface area contributed by atoms with Gasteiger partial charge in [0.1, 0.15) is 18.0 Å². The van der Waals surface area contributed by atoms with Crippen LogP contribution in [0, 0.1) is 0 Å². The molecule has 0 saturated heterocycles. The predicted molar refractivity (Wildman–Crippen MR) is 143 cm³/mol. The molecule has 10 nitrogen and oxygen atoms in total. The van der Waals surface area contributed by atoms with E-state index in [1.807, 2.05) is 24.3 Å². The van der Waals surface area contributed by atoms with Crippen molar-refractivity contribution in [1.29, 1.82) is 0 Å². The summed E-state index contributed by atoms with van der Waals surface area (Å²) in [4.78, 5) is 34.9. The van der Waals surface area contributed by atoms with E-state index < -0.39 is 17.6 Å². The average molecular weight is 507 g/mol. The van der Waals surface area contributed by atoms with Gasteiger partial charge in [0.15, 0.2) is 0 Å². The fourth-order valence-electron chi connectivity index (χ4n) is 3.08. The number of amides is 2. The SMILES string of the molecule is CCN(C)CCOc1ccc(Nc2ncc(-c3ccc(C(=O)NNC(=O)OC(C)(C)C)cc3)cn2)cc1. The maximum Gasteiger partial charge on any atom is 0.426 e. The monoisotopic (exact) mass is 506 g/mol. The normalized spacial score (nSPS) is 11.1. The summed E-state index contributed by atoms with van der Waals surface area (Å²) in [7, 11) is 2.06. The number of aromatic nitrogens is 2. The van der Waals surface area contributed by atoms with Crippen LogP contribution < -0.4 is 20.9 Å². The Labute approximate surface area is 217 Å². The molecule has 2 amide bonds. The maximum atomic E-state index is 12.3. The fourth-order valence-corrected chi connectivity index (χ4v) is 3.08. The number of nitrogens with zero attached hydrogens (tertiary/aromatic N) is 3. The van der Waals surface area contributed by atoms with E-state index in [0.29, 0.717) is 18.1 Å². The molecule has 196 valence electrons. The van der Waals surface area contributed by atoms with Crippen LogP contribution in [-0.4, -0.2) is 59.2 Å². The van der Waals surface area contributed by atoms with Crippen molar-refractivity contribution < 1.29 is 19.1 Å². The molecule has 0 fully saturated rings. The van der Waals surface area contributed by atoms with Crippen molar-refractivity contribution in [3.05, 3.63) is 66.5 Å². The summed E-state index contributed by atoms with van der Waals surface area (Å²) in [5, 5.41) is 3.17. The first kappa shape index (κ1) is 27.4. The van der Waals surface area contributed by atoms with Gasteiger partial charge in [-0.25, -0.2) is 20.2 Å². The molecular formula is C27H34N6O4. The van der Waals surface area contributed by atoms with Gasteiger partial charge in [-0.2, -0.15) is 0 Å². The molecule has 0 spiro atoms. The summed E-state index contributed by atoms with van der Waals surface area (Å²) >= 11 is 0. The van der Waals surface area contributed by atoms with E-state index in [0.717, 1.165) is 35.7 Å². The number of carbonyl (C=O) groups excluding carboxylic acids is 2. The minimum absolute atomic E-state index is 0.379. The molecule has 2 aromatic carbocycles. The number of benzene rings is 2. The fraction of sp³-hybridized carbons (Fsp3) is 0.333. The minimum atomic E-state index is -0.733. The molecule has 0 aliphatic rings. The molecule has 1 heterocycles. The van der Waals surface area contributed by atoms with Gasteiger partial charge in [-0.1, -0.05) is 19.1 Å². The number of carbonyl (C=O) groups is 2. The zero-order valence-corrected chi connectivity index (χ0v) is 21.9. The second kappa shape index (κ2) is 12.7. The Morgan fingerprint density at radius 3 is 2.16 bits per heavy atom. The van der Waals surface area contributed by atoms with Crippen LogP contribution >= 0.6 is 0 Å². The Balaban J connectivity index is 1.51. The van der Waals surface area contributed by atoms with Gasteiger partial charge in [0.25, 0.3) is 5.91 Å². The molecule has 0 unspecified atom stereocenters. The first-order valence-corrected chi connectivity index (χ1v) is 12.0. The van der Waals surface area contributed by atoms with Crippen molar-refractivity contribution in [3.63, 3.8) is 0 Å². The summed E-state index contributed by atoms with van der Waals surface area (Å²) in [5.41, 5.74) is 6.77. The third-order valence-electron chi connectivity index (χ3n) is 5.20. The Kier molecular flexibility index (Phi) is 9.39. The van der Waals surface area contributed by atoms with Crippen molar-refractivity contribution in [1.82, 2.24) is 25.7 Å². The van der Waals surface area contributed by atoms with Gasteiger partial charge in [0.2, 0.25) is 5.95 Å². The van der Waals surface area contributed by atoms with Crippen LogP contribution in [0.25, 0.3) is 11.1 Å². The Hall–Kier alpha value is -4.18. The third kappa shape index (κ3) is 9.08. The van der Waals surface area contributed by atoms with Crippen molar-refractivity contribution in [2.45, 2.75) is 33.3 Å².